The van der Waals surface area contributed by atoms with E-state index < -0.39 is 0 Å². The van der Waals surface area contributed by atoms with Gasteiger partial charge in [0.25, 0.3) is 0 Å². The molecule has 2 rings (SSSR count). The van der Waals surface area contributed by atoms with Gasteiger partial charge in [-0.2, -0.15) is 0 Å². The minimum atomic E-state index is -0.00979. The van der Waals surface area contributed by atoms with Crippen molar-refractivity contribution in [2.45, 2.75) is 129 Å². The van der Waals surface area contributed by atoms with Crippen molar-refractivity contribution >= 4 is 5.97 Å². The maximum atomic E-state index is 12.5. The van der Waals surface area contributed by atoms with E-state index in [0.29, 0.717) is 12.3 Å². The van der Waals surface area contributed by atoms with Crippen molar-refractivity contribution in [2.24, 2.45) is 0 Å². The molecule has 2 atom stereocenters. The quantitative estimate of drug-likeness (QED) is 0.228. The summed E-state index contributed by atoms with van der Waals surface area (Å²) in [6.07, 6.45) is 16.6. The van der Waals surface area contributed by atoms with Gasteiger partial charge in [0.2, 0.25) is 0 Å². The minimum Gasteiger partial charge on any atom is -0.491 e. The number of carbonyl (C=O) groups excluding carboxylic acids is 1. The molecule has 3 nitrogen and oxygen atoms in total. The number of benzene rings is 1. The molecule has 2 unspecified atom stereocenters. The average Bonchev–Trinajstić information content (AvgIpc) is 2.72. The first kappa shape index (κ1) is 24.8. The molecule has 0 N–H and O–H groups in total. The molecule has 1 aromatic carbocycles. The molecule has 0 saturated heterocycles. The summed E-state index contributed by atoms with van der Waals surface area (Å²) in [5, 5.41) is 0. The number of unbranched alkanes of at least 4 members (excludes halogenated alkanes) is 8. The van der Waals surface area contributed by atoms with Crippen LogP contribution in [0.3, 0.4) is 0 Å². The van der Waals surface area contributed by atoms with Gasteiger partial charge in [0.05, 0.1) is 6.10 Å². The lowest BCUT2D eigenvalue weighted by Crippen LogP contribution is -2.28. The van der Waals surface area contributed by atoms with Gasteiger partial charge in [0.1, 0.15) is 11.9 Å². The van der Waals surface area contributed by atoms with E-state index in [9.17, 15) is 4.79 Å². The molecular weight excluding hydrogens is 372 g/mol. The molecule has 3 heteroatoms. The summed E-state index contributed by atoms with van der Waals surface area (Å²) >= 11 is 0. The van der Waals surface area contributed by atoms with Crippen LogP contribution in [-0.4, -0.2) is 18.2 Å². The molecule has 0 aliphatic heterocycles. The Labute approximate surface area is 184 Å². The van der Waals surface area contributed by atoms with E-state index in [2.05, 4.69) is 25.1 Å². The standard InChI is InChI=1S/C27H44O3/c1-4-5-6-7-8-9-10-11-12-20-27(28)30-26-19-14-13-18-25(26)23-16-15-17-24(21-23)29-22(2)3/h15-17,21-22,25-26H,4-14,18-20H2,1-3H3. The van der Waals surface area contributed by atoms with Gasteiger partial charge in [-0.15, -0.1) is 0 Å². The molecule has 0 heterocycles. The minimum absolute atomic E-state index is 0.00979. The zero-order chi connectivity index (χ0) is 21.6. The zero-order valence-electron chi connectivity index (χ0n) is 19.7. The van der Waals surface area contributed by atoms with Crippen LogP contribution in [0.1, 0.15) is 122 Å². The smallest absolute Gasteiger partial charge is 0.306 e. The van der Waals surface area contributed by atoms with Gasteiger partial charge in [-0.05, 0) is 57.2 Å². The molecule has 30 heavy (non-hydrogen) atoms. The van der Waals surface area contributed by atoms with E-state index in [0.717, 1.165) is 37.9 Å². The Kier molecular flexibility index (Phi) is 12.0. The molecule has 1 aliphatic carbocycles. The second-order valence-electron chi connectivity index (χ2n) is 9.24. The fourth-order valence-corrected chi connectivity index (χ4v) is 4.52. The summed E-state index contributed by atoms with van der Waals surface area (Å²) in [7, 11) is 0. The summed E-state index contributed by atoms with van der Waals surface area (Å²) in [6.45, 7) is 6.35. The predicted octanol–water partition coefficient (Wildman–Crippen LogP) is 7.96. The normalized spacial score (nSPS) is 19.1. The van der Waals surface area contributed by atoms with Gasteiger partial charge < -0.3 is 9.47 Å². The van der Waals surface area contributed by atoms with Crippen LogP contribution in [0.15, 0.2) is 24.3 Å². The molecule has 1 aromatic rings. The largest absolute Gasteiger partial charge is 0.491 e. The van der Waals surface area contributed by atoms with Crippen LogP contribution in [0.4, 0.5) is 0 Å². The Morgan fingerprint density at radius 3 is 2.33 bits per heavy atom. The third-order valence-electron chi connectivity index (χ3n) is 6.13. The fourth-order valence-electron chi connectivity index (χ4n) is 4.52. The highest BCUT2D eigenvalue weighted by Crippen LogP contribution is 2.36. The van der Waals surface area contributed by atoms with Crippen molar-refractivity contribution in [3.05, 3.63) is 29.8 Å². The van der Waals surface area contributed by atoms with E-state index in [-0.39, 0.29) is 18.2 Å². The number of carbonyl (C=O) groups is 1. The Hall–Kier alpha value is -1.51. The molecule has 0 amide bonds. The lowest BCUT2D eigenvalue weighted by Gasteiger charge is -2.31. The second-order valence-corrected chi connectivity index (χ2v) is 9.24. The summed E-state index contributed by atoms with van der Waals surface area (Å²) in [6, 6.07) is 8.36. The van der Waals surface area contributed by atoms with E-state index in [1.54, 1.807) is 0 Å². The summed E-state index contributed by atoms with van der Waals surface area (Å²) in [4.78, 5) is 12.5. The van der Waals surface area contributed by atoms with E-state index in [1.807, 2.05) is 19.9 Å². The number of hydrogen-bond acceptors (Lipinski definition) is 3. The number of esters is 1. The maximum Gasteiger partial charge on any atom is 0.306 e. The molecule has 1 fully saturated rings. The lowest BCUT2D eigenvalue weighted by atomic mass is 9.81. The zero-order valence-corrected chi connectivity index (χ0v) is 19.7. The highest BCUT2D eigenvalue weighted by atomic mass is 16.5. The first-order valence-electron chi connectivity index (χ1n) is 12.6. The monoisotopic (exact) mass is 416 g/mol. The van der Waals surface area contributed by atoms with Crippen LogP contribution in [0.2, 0.25) is 0 Å². The van der Waals surface area contributed by atoms with Crippen LogP contribution in [0.5, 0.6) is 5.75 Å². The van der Waals surface area contributed by atoms with E-state index in [1.165, 1.54) is 56.9 Å². The van der Waals surface area contributed by atoms with Crippen LogP contribution in [0, 0.1) is 0 Å². The summed E-state index contributed by atoms with van der Waals surface area (Å²) < 4.78 is 11.8. The first-order valence-corrected chi connectivity index (χ1v) is 12.6. The first-order chi connectivity index (χ1) is 14.6. The van der Waals surface area contributed by atoms with Crippen molar-refractivity contribution in [1.82, 2.24) is 0 Å². The number of hydrogen-bond donors (Lipinski definition) is 0. The van der Waals surface area contributed by atoms with Gasteiger partial charge in [0, 0.05) is 12.3 Å². The molecule has 170 valence electrons. The van der Waals surface area contributed by atoms with Crippen LogP contribution in [0.25, 0.3) is 0 Å². The van der Waals surface area contributed by atoms with Gasteiger partial charge in [-0.25, -0.2) is 0 Å². The van der Waals surface area contributed by atoms with Crippen molar-refractivity contribution in [3.63, 3.8) is 0 Å². The highest BCUT2D eigenvalue weighted by molar-refractivity contribution is 5.69. The topological polar surface area (TPSA) is 35.5 Å². The molecule has 1 aliphatic rings. The third kappa shape index (κ3) is 9.53. The van der Waals surface area contributed by atoms with Crippen LogP contribution < -0.4 is 4.74 Å². The van der Waals surface area contributed by atoms with Crippen molar-refractivity contribution in [2.75, 3.05) is 0 Å². The van der Waals surface area contributed by atoms with Crippen LogP contribution in [-0.2, 0) is 9.53 Å². The Morgan fingerprint density at radius 2 is 1.63 bits per heavy atom. The van der Waals surface area contributed by atoms with Crippen molar-refractivity contribution in [3.8, 4) is 5.75 Å². The second kappa shape index (κ2) is 14.5. The Balaban J connectivity index is 1.72. The van der Waals surface area contributed by atoms with Crippen LogP contribution >= 0.6 is 0 Å². The van der Waals surface area contributed by atoms with Crippen molar-refractivity contribution < 1.29 is 14.3 Å². The maximum absolute atomic E-state index is 12.5. The van der Waals surface area contributed by atoms with E-state index >= 15 is 0 Å². The van der Waals surface area contributed by atoms with Gasteiger partial charge in [-0.1, -0.05) is 76.8 Å². The molecule has 0 spiro atoms. The molecule has 0 radical (unpaired) electrons. The van der Waals surface area contributed by atoms with Crippen molar-refractivity contribution in [1.29, 1.82) is 0 Å². The summed E-state index contributed by atoms with van der Waals surface area (Å²) in [5.41, 5.74) is 1.24. The van der Waals surface area contributed by atoms with Gasteiger partial charge in [-0.3, -0.25) is 4.79 Å². The molecular formula is C27H44O3. The van der Waals surface area contributed by atoms with E-state index in [4.69, 9.17) is 9.47 Å². The SMILES string of the molecule is CCCCCCCCCCCC(=O)OC1CCCCC1c1cccc(OC(C)C)c1. The highest BCUT2D eigenvalue weighted by Gasteiger charge is 2.29. The Morgan fingerprint density at radius 1 is 0.967 bits per heavy atom. The molecule has 0 bridgehead atoms. The molecule has 1 saturated carbocycles. The summed E-state index contributed by atoms with van der Waals surface area (Å²) in [5.74, 6) is 1.19. The number of rotatable bonds is 14. The average molecular weight is 417 g/mol. The Bertz CT molecular complexity index is 596. The predicted molar refractivity (Wildman–Crippen MR) is 125 cm³/mol. The van der Waals surface area contributed by atoms with Gasteiger partial charge in [0.15, 0.2) is 0 Å². The van der Waals surface area contributed by atoms with Gasteiger partial charge >= 0.3 is 5.97 Å². The lowest BCUT2D eigenvalue weighted by molar-refractivity contribution is -0.151. The fraction of sp³-hybridized carbons (Fsp3) is 0.741. The molecule has 0 aromatic heterocycles. The third-order valence-corrected chi connectivity index (χ3v) is 6.13. The number of ether oxygens (including phenoxy) is 2.